The molecule has 2 amide bonds. The molecular formula is C24H27N3O3. The van der Waals surface area contributed by atoms with E-state index >= 15 is 0 Å². The predicted octanol–water partition coefficient (Wildman–Crippen LogP) is 3.40. The fraction of sp³-hybridized carbons (Fsp3) is 0.458. The van der Waals surface area contributed by atoms with Crippen molar-refractivity contribution in [1.82, 2.24) is 9.47 Å². The third-order valence-electron chi connectivity index (χ3n) is 7.06. The van der Waals surface area contributed by atoms with Crippen molar-refractivity contribution in [2.24, 2.45) is 0 Å². The Bertz CT molecular complexity index is 1100. The number of nitrogens with zero attached hydrogens (tertiary/aromatic N) is 2. The van der Waals surface area contributed by atoms with Gasteiger partial charge in [0.05, 0.1) is 11.5 Å². The number of fused-ring (bicyclic) bond motifs is 2. The summed E-state index contributed by atoms with van der Waals surface area (Å²) in [7, 11) is 0. The number of carbonyl (C=O) groups excluding carboxylic acids is 2. The van der Waals surface area contributed by atoms with Gasteiger partial charge in [-0.15, -0.1) is 0 Å². The Morgan fingerprint density at radius 1 is 1.20 bits per heavy atom. The Morgan fingerprint density at radius 3 is 2.70 bits per heavy atom. The third kappa shape index (κ3) is 2.59. The van der Waals surface area contributed by atoms with Crippen LogP contribution in [0.1, 0.15) is 66.6 Å². The molecule has 2 aliphatic heterocycles. The molecule has 2 atom stereocenters. The van der Waals surface area contributed by atoms with Crippen molar-refractivity contribution in [2.75, 3.05) is 11.9 Å². The first kappa shape index (κ1) is 19.1. The van der Waals surface area contributed by atoms with Gasteiger partial charge in [-0.25, -0.2) is 0 Å². The highest BCUT2D eigenvalue weighted by atomic mass is 16.2. The van der Waals surface area contributed by atoms with E-state index in [4.69, 9.17) is 0 Å². The Kier molecular flexibility index (Phi) is 4.34. The Hall–Kier alpha value is -2.89. The number of likely N-dealkylation sites (tertiary alicyclic amines) is 1. The van der Waals surface area contributed by atoms with Gasteiger partial charge in [0.1, 0.15) is 5.56 Å². The van der Waals surface area contributed by atoms with E-state index in [0.29, 0.717) is 18.5 Å². The van der Waals surface area contributed by atoms with Gasteiger partial charge in [0.2, 0.25) is 5.91 Å². The van der Waals surface area contributed by atoms with E-state index in [0.717, 1.165) is 36.9 Å². The minimum atomic E-state index is -0.736. The number of anilines is 1. The molecule has 3 heterocycles. The van der Waals surface area contributed by atoms with Crippen LogP contribution in [0.2, 0.25) is 0 Å². The molecule has 3 aliphatic rings. The Balaban J connectivity index is 1.58. The van der Waals surface area contributed by atoms with Gasteiger partial charge in [-0.1, -0.05) is 31.5 Å². The lowest BCUT2D eigenvalue weighted by molar-refractivity contribution is -0.121. The number of nitrogens with one attached hydrogen (secondary N) is 1. The minimum absolute atomic E-state index is 0.0300. The molecule has 1 saturated heterocycles. The molecule has 1 spiro atoms. The number of hydrogen-bond acceptors (Lipinski definition) is 3. The molecular weight excluding hydrogens is 378 g/mol. The molecule has 6 nitrogen and oxygen atoms in total. The summed E-state index contributed by atoms with van der Waals surface area (Å²) in [6.07, 6.45) is 5.93. The Morgan fingerprint density at radius 2 is 1.97 bits per heavy atom. The van der Waals surface area contributed by atoms with E-state index in [2.05, 4.69) is 12.2 Å². The summed E-state index contributed by atoms with van der Waals surface area (Å²) in [5.74, 6) is -0.266. The first-order chi connectivity index (χ1) is 14.5. The van der Waals surface area contributed by atoms with Crippen molar-refractivity contribution in [2.45, 2.75) is 63.5 Å². The van der Waals surface area contributed by atoms with Crippen LogP contribution < -0.4 is 10.9 Å². The molecule has 5 rings (SSSR count). The van der Waals surface area contributed by atoms with Crippen LogP contribution in [-0.4, -0.2) is 33.9 Å². The van der Waals surface area contributed by atoms with Crippen LogP contribution in [0.3, 0.4) is 0 Å². The molecule has 2 aromatic rings. The lowest BCUT2D eigenvalue weighted by atomic mass is 9.73. The van der Waals surface area contributed by atoms with Crippen LogP contribution in [0.15, 0.2) is 41.3 Å². The lowest BCUT2D eigenvalue weighted by Crippen LogP contribution is -2.49. The maximum atomic E-state index is 13.7. The first-order valence-electron chi connectivity index (χ1n) is 10.9. The number of rotatable bonds is 4. The average Bonchev–Trinajstić information content (AvgIpc) is 3.43. The number of para-hydroxylation sites is 1. The van der Waals surface area contributed by atoms with Gasteiger partial charge in [-0.2, -0.15) is 0 Å². The molecule has 1 N–H and O–H groups in total. The molecule has 1 saturated carbocycles. The lowest BCUT2D eigenvalue weighted by Gasteiger charge is -2.34. The second-order valence-electron chi connectivity index (χ2n) is 8.84. The Labute approximate surface area is 175 Å². The number of hydrogen-bond donors (Lipinski definition) is 1. The van der Waals surface area contributed by atoms with Gasteiger partial charge >= 0.3 is 0 Å². The van der Waals surface area contributed by atoms with Crippen LogP contribution >= 0.6 is 0 Å². The van der Waals surface area contributed by atoms with Crippen molar-refractivity contribution in [1.29, 1.82) is 0 Å². The topological polar surface area (TPSA) is 71.4 Å². The first-order valence-corrected chi connectivity index (χ1v) is 10.9. The zero-order chi connectivity index (χ0) is 21.0. The summed E-state index contributed by atoms with van der Waals surface area (Å²) in [5, 5.41) is 3.03. The van der Waals surface area contributed by atoms with E-state index in [1.165, 1.54) is 0 Å². The second-order valence-corrected chi connectivity index (χ2v) is 8.84. The van der Waals surface area contributed by atoms with Gasteiger partial charge < -0.3 is 14.8 Å². The summed E-state index contributed by atoms with van der Waals surface area (Å²) in [6.45, 7) is 4.37. The highest BCUT2D eigenvalue weighted by Crippen LogP contribution is 2.49. The van der Waals surface area contributed by atoms with Crippen molar-refractivity contribution >= 4 is 17.5 Å². The number of carbonyl (C=O) groups is 2. The molecule has 1 aliphatic carbocycles. The summed E-state index contributed by atoms with van der Waals surface area (Å²) in [6, 6.07) is 9.61. The third-order valence-corrected chi connectivity index (χ3v) is 7.06. The van der Waals surface area contributed by atoms with E-state index in [1.807, 2.05) is 43.5 Å². The molecule has 1 aromatic carbocycles. The largest absolute Gasteiger partial charge is 0.334 e. The molecule has 0 bridgehead atoms. The van der Waals surface area contributed by atoms with E-state index in [9.17, 15) is 14.4 Å². The molecule has 6 heteroatoms. The number of aryl methyl sites for hydroxylation is 1. The SMILES string of the molecule is CCC[C@@H]1N(C(=O)c2c(C)ccn(C3CC3)c2=O)CC[C@]12C(=O)Nc1ccccc12. The van der Waals surface area contributed by atoms with Crippen LogP contribution in [0, 0.1) is 6.92 Å². The van der Waals surface area contributed by atoms with Crippen molar-refractivity contribution in [3.8, 4) is 0 Å². The van der Waals surface area contributed by atoms with E-state index < -0.39 is 5.41 Å². The fourth-order valence-corrected chi connectivity index (χ4v) is 5.41. The van der Waals surface area contributed by atoms with Crippen molar-refractivity contribution in [3.63, 3.8) is 0 Å². The maximum Gasteiger partial charge on any atom is 0.263 e. The van der Waals surface area contributed by atoms with Gasteiger partial charge in [-0.05, 0) is 55.9 Å². The molecule has 0 unspecified atom stereocenters. The highest BCUT2D eigenvalue weighted by Gasteiger charge is 2.58. The quantitative estimate of drug-likeness (QED) is 0.848. The van der Waals surface area contributed by atoms with Gasteiger partial charge in [-0.3, -0.25) is 14.4 Å². The van der Waals surface area contributed by atoms with Crippen molar-refractivity contribution < 1.29 is 9.59 Å². The van der Waals surface area contributed by atoms with Crippen molar-refractivity contribution in [3.05, 3.63) is 63.6 Å². The summed E-state index contributed by atoms with van der Waals surface area (Å²) in [5.41, 5.74) is 1.84. The number of aromatic nitrogens is 1. The monoisotopic (exact) mass is 405 g/mol. The zero-order valence-electron chi connectivity index (χ0n) is 17.5. The molecule has 156 valence electrons. The van der Waals surface area contributed by atoms with Crippen LogP contribution in [0.25, 0.3) is 0 Å². The fourth-order valence-electron chi connectivity index (χ4n) is 5.41. The van der Waals surface area contributed by atoms with Gasteiger partial charge in [0, 0.05) is 24.5 Å². The van der Waals surface area contributed by atoms with Crippen LogP contribution in [0.4, 0.5) is 5.69 Å². The van der Waals surface area contributed by atoms with Gasteiger partial charge in [0.15, 0.2) is 0 Å². The minimum Gasteiger partial charge on any atom is -0.334 e. The average molecular weight is 405 g/mol. The normalized spacial score (nSPS) is 24.9. The summed E-state index contributed by atoms with van der Waals surface area (Å²) < 4.78 is 1.71. The second kappa shape index (κ2) is 6.83. The summed E-state index contributed by atoms with van der Waals surface area (Å²) >= 11 is 0. The zero-order valence-corrected chi connectivity index (χ0v) is 17.5. The number of amides is 2. The summed E-state index contributed by atoms with van der Waals surface area (Å²) in [4.78, 5) is 41.9. The molecule has 1 aromatic heterocycles. The highest BCUT2D eigenvalue weighted by molar-refractivity contribution is 6.08. The smallest absolute Gasteiger partial charge is 0.263 e. The standard InChI is InChI=1S/C24H27N3O3/c1-3-6-19-24(17-7-4-5-8-18(17)25-23(24)30)12-14-27(19)22(29)20-15(2)11-13-26(21(20)28)16-9-10-16/h4-5,7-8,11,13,16,19H,3,6,9-10,12,14H2,1-2H3,(H,25,30)/t19-,24+/m0/s1. The van der Waals surface area contributed by atoms with Gasteiger partial charge in [0.25, 0.3) is 11.5 Å². The molecule has 2 fully saturated rings. The molecule has 0 radical (unpaired) electrons. The molecule has 30 heavy (non-hydrogen) atoms. The maximum absolute atomic E-state index is 13.7. The predicted molar refractivity (Wildman–Crippen MR) is 115 cm³/mol. The van der Waals surface area contributed by atoms with E-state index in [-0.39, 0.29) is 35.0 Å². The number of pyridine rings is 1. The van der Waals surface area contributed by atoms with E-state index in [1.54, 1.807) is 9.47 Å². The van der Waals surface area contributed by atoms with Crippen LogP contribution in [0.5, 0.6) is 0 Å². The van der Waals surface area contributed by atoms with Crippen LogP contribution in [-0.2, 0) is 10.2 Å². The number of benzene rings is 1.